The van der Waals surface area contributed by atoms with E-state index in [2.05, 4.69) is 28.6 Å². The predicted octanol–water partition coefficient (Wildman–Crippen LogP) is 0.0831. The average Bonchev–Trinajstić information content (AvgIpc) is 1.72. The molecular weight excluding hydrogens is 131 g/mol. The molecule has 0 N–H and O–H groups in total. The van der Waals surface area contributed by atoms with Gasteiger partial charge in [-0.3, -0.25) is 0 Å². The monoisotopic (exact) mass is 138 g/mol. The third kappa shape index (κ3) is 1.05. The second kappa shape index (κ2) is 2.29. The van der Waals surface area contributed by atoms with Crippen molar-refractivity contribution in [1.29, 1.82) is 0 Å². The fraction of sp³-hybridized carbons (Fsp3) is 0. The first-order valence-electron chi connectivity index (χ1n) is 2.00. The quantitative estimate of drug-likeness (QED) is 0.414. The summed E-state index contributed by atoms with van der Waals surface area (Å²) in [6.07, 6.45) is 4.20. The normalized spacial score (nSPS) is 14.7. The van der Waals surface area contributed by atoms with Crippen molar-refractivity contribution in [1.82, 2.24) is 0 Å². The summed E-state index contributed by atoms with van der Waals surface area (Å²) in [4.78, 5) is 2.28. The topological polar surface area (TPSA) is 0 Å². The zero-order chi connectivity index (χ0) is 4.24. The predicted molar refractivity (Wildman–Crippen MR) is 31.2 cm³/mol. The molecule has 0 aromatic heterocycles. The van der Waals surface area contributed by atoms with E-state index in [9.17, 15) is 0 Å². The van der Waals surface area contributed by atoms with E-state index in [1.807, 2.05) is 0 Å². The second-order valence-electron chi connectivity index (χ2n) is 1.15. The van der Waals surface area contributed by atoms with Crippen LogP contribution in [0.15, 0.2) is 23.0 Å². The summed E-state index contributed by atoms with van der Waals surface area (Å²) in [6, 6.07) is 0. The van der Waals surface area contributed by atoms with E-state index in [-0.39, 0.29) is 14.8 Å². The first kappa shape index (κ1) is 4.25. The van der Waals surface area contributed by atoms with Crippen LogP contribution in [-0.2, 0) is 0 Å². The van der Waals surface area contributed by atoms with Crippen LogP contribution < -0.4 is 0 Å². The van der Waals surface area contributed by atoms with Crippen molar-refractivity contribution in [3.63, 3.8) is 0 Å². The fourth-order valence-corrected chi connectivity index (χ4v) is 1.73. The molecule has 0 nitrogen and oxygen atoms in total. The Morgan fingerprint density at radius 3 is 2.50 bits per heavy atom. The van der Waals surface area contributed by atoms with Gasteiger partial charge in [0.15, 0.2) is 0 Å². The van der Waals surface area contributed by atoms with E-state index in [0.29, 0.717) is 0 Å². The number of rotatable bonds is 0. The third-order valence-corrected chi connectivity index (χ3v) is 2.53. The third-order valence-electron chi connectivity index (χ3n) is 0.667. The van der Waals surface area contributed by atoms with Gasteiger partial charge < -0.3 is 0 Å². The molecule has 0 unspecified atom stereocenters. The molecule has 0 radical (unpaired) electrons. The Balaban J connectivity index is 2.77. The molecule has 6 heavy (non-hydrogen) atoms. The van der Waals surface area contributed by atoms with Crippen LogP contribution in [0.25, 0.3) is 0 Å². The first-order chi connectivity index (χ1) is 3.00. The molecule has 2 heteroatoms. The van der Waals surface area contributed by atoms with Gasteiger partial charge in [0.2, 0.25) is 0 Å². The molecule has 28 valence electrons. The molecule has 0 spiro atoms. The Bertz CT molecular complexity index is 76.9. The van der Waals surface area contributed by atoms with Gasteiger partial charge in [0, 0.05) is 0 Å². The van der Waals surface area contributed by atoms with Crippen molar-refractivity contribution in [2.45, 2.75) is 0 Å². The molecule has 0 aromatic carbocycles. The summed E-state index contributed by atoms with van der Waals surface area (Å²) in [5.41, 5.74) is 2.28. The molecule has 0 bridgehead atoms. The molecule has 1 aliphatic rings. The van der Waals surface area contributed by atoms with Crippen molar-refractivity contribution in [3.8, 4) is 0 Å². The maximum atomic E-state index is 2.28. The van der Waals surface area contributed by atoms with Gasteiger partial charge in [-0.15, -0.1) is 0 Å². The molecule has 1 rings (SSSR count). The van der Waals surface area contributed by atoms with E-state index in [0.717, 1.165) is 0 Å². The molecule has 0 aliphatic carbocycles. The van der Waals surface area contributed by atoms with Gasteiger partial charge in [0.25, 0.3) is 0 Å². The van der Waals surface area contributed by atoms with Crippen molar-refractivity contribution >= 4 is 20.4 Å². The number of hydrogen-bond donors (Lipinski definition) is 0. The zero-order valence-corrected chi connectivity index (χ0v) is 5.89. The van der Waals surface area contributed by atoms with Crippen LogP contribution in [0.5, 0.6) is 0 Å². The molecule has 0 fully saturated rings. The average molecular weight is 137 g/mol. The summed E-state index contributed by atoms with van der Waals surface area (Å²) in [5, 5.41) is 0. The van der Waals surface area contributed by atoms with Crippen LogP contribution in [0.2, 0.25) is 0 Å². The van der Waals surface area contributed by atoms with Crippen molar-refractivity contribution in [2.75, 3.05) is 0 Å². The minimum absolute atomic E-state index is 0.00781. The molecule has 1 heterocycles. The van der Waals surface area contributed by atoms with Crippen LogP contribution in [0.3, 0.4) is 0 Å². The van der Waals surface area contributed by atoms with Gasteiger partial charge in [0.05, 0.1) is 0 Å². The van der Waals surface area contributed by atoms with Gasteiger partial charge in [-0.05, 0) is 0 Å². The van der Waals surface area contributed by atoms with Gasteiger partial charge in [-0.2, -0.15) is 0 Å². The van der Waals surface area contributed by atoms with Crippen LogP contribution in [0.1, 0.15) is 0 Å². The van der Waals surface area contributed by atoms with Crippen molar-refractivity contribution in [3.05, 3.63) is 23.0 Å². The van der Waals surface area contributed by atoms with Crippen LogP contribution in [-0.4, -0.2) is 20.4 Å². The standard InChI is InChI=1S/C4H5BGe/c1-2-4-6-5-3-1/h1-4,6H. The summed E-state index contributed by atoms with van der Waals surface area (Å²) in [7, 11) is 0. The van der Waals surface area contributed by atoms with E-state index in [1.165, 1.54) is 0 Å². The van der Waals surface area contributed by atoms with Crippen LogP contribution in [0, 0.1) is 0 Å². The molecular formula is C4H5BGe. The van der Waals surface area contributed by atoms with E-state index in [1.54, 1.807) is 0 Å². The Hall–Kier alpha value is 0.0878. The number of hydrogen-bond acceptors (Lipinski definition) is 0. The summed E-state index contributed by atoms with van der Waals surface area (Å²) >= 11 is -0.00781. The molecule has 0 aromatic rings. The van der Waals surface area contributed by atoms with Crippen molar-refractivity contribution in [2.24, 2.45) is 0 Å². The fourth-order valence-electron chi connectivity index (χ4n) is 0.385. The van der Waals surface area contributed by atoms with Gasteiger partial charge in [-0.25, -0.2) is 0 Å². The molecule has 0 atom stereocenters. The van der Waals surface area contributed by atoms with Crippen molar-refractivity contribution < 1.29 is 0 Å². The minimum atomic E-state index is -0.00781. The van der Waals surface area contributed by atoms with Gasteiger partial charge >= 0.3 is 43.4 Å². The van der Waals surface area contributed by atoms with Crippen LogP contribution in [0.4, 0.5) is 0 Å². The molecule has 1 aliphatic heterocycles. The van der Waals surface area contributed by atoms with E-state index < -0.39 is 0 Å². The molecule has 0 saturated carbocycles. The number of allylic oxidation sites excluding steroid dienone is 2. The van der Waals surface area contributed by atoms with Gasteiger partial charge in [-0.1, -0.05) is 0 Å². The Kier molecular flexibility index (Phi) is 1.63. The zero-order valence-electron chi connectivity index (χ0n) is 3.46. The molecule has 0 saturated heterocycles. The Morgan fingerprint density at radius 2 is 2.33 bits per heavy atom. The van der Waals surface area contributed by atoms with E-state index in [4.69, 9.17) is 0 Å². The maximum absolute atomic E-state index is 2.28. The van der Waals surface area contributed by atoms with Gasteiger partial charge in [0.1, 0.15) is 0 Å². The second-order valence-corrected chi connectivity index (χ2v) is 3.58. The van der Waals surface area contributed by atoms with E-state index >= 15 is 0 Å². The molecule has 0 amide bonds. The summed E-state index contributed by atoms with van der Waals surface area (Å²) < 4.78 is 0. The summed E-state index contributed by atoms with van der Waals surface area (Å²) in [6.45, 7) is 0. The first-order valence-corrected chi connectivity index (χ1v) is 4.80. The Labute approximate surface area is 44.0 Å². The van der Waals surface area contributed by atoms with Crippen LogP contribution >= 0.6 is 0 Å². The SMILES string of the molecule is [B]1=[GeH][CH]=CC=C1. The summed E-state index contributed by atoms with van der Waals surface area (Å²) in [5.74, 6) is 2.12. The Morgan fingerprint density at radius 1 is 1.33 bits per heavy atom.